The Kier molecular flexibility index (Phi) is 6.86. The predicted octanol–water partition coefficient (Wildman–Crippen LogP) is 1.85. The number of hydrogen-bond donors (Lipinski definition) is 1. The molecule has 1 aliphatic heterocycles. The molecule has 0 radical (unpaired) electrons. The predicted molar refractivity (Wildman–Crippen MR) is 61.6 cm³/mol. The van der Waals surface area contributed by atoms with Gasteiger partial charge in [0.15, 0.2) is 0 Å². The quantitative estimate of drug-likeness (QED) is 0.591. The Morgan fingerprint density at radius 3 is 2.31 bits per heavy atom. The molecule has 0 amide bonds. The first-order valence-electron chi connectivity index (χ1n) is 5.42. The smallest absolute Gasteiger partial charge is 0.0157 e. The van der Waals surface area contributed by atoms with Crippen molar-refractivity contribution in [1.29, 1.82) is 0 Å². The summed E-state index contributed by atoms with van der Waals surface area (Å²) in [6.45, 7) is 6.10. The molecule has 1 saturated heterocycles. The molecule has 0 aliphatic carbocycles. The van der Waals surface area contributed by atoms with Crippen LogP contribution in [0.4, 0.5) is 0 Å². The zero-order valence-corrected chi connectivity index (χ0v) is 9.98. The summed E-state index contributed by atoms with van der Waals surface area (Å²) in [5.74, 6) is 0. The highest BCUT2D eigenvalue weighted by molar-refractivity contribution is 9.09. The van der Waals surface area contributed by atoms with Gasteiger partial charge in [-0.3, -0.25) is 0 Å². The average molecular weight is 249 g/mol. The van der Waals surface area contributed by atoms with Crippen LogP contribution in [0, 0.1) is 0 Å². The third-order valence-electron chi connectivity index (χ3n) is 2.57. The van der Waals surface area contributed by atoms with Crippen LogP contribution in [0.1, 0.15) is 25.7 Å². The average Bonchev–Trinajstić information content (AvgIpc) is 2.41. The molecule has 0 aromatic rings. The Morgan fingerprint density at radius 1 is 1.00 bits per heavy atom. The maximum Gasteiger partial charge on any atom is 0.0157 e. The van der Waals surface area contributed by atoms with Gasteiger partial charge in [0.1, 0.15) is 0 Å². The summed E-state index contributed by atoms with van der Waals surface area (Å²) >= 11 is 3.41. The van der Waals surface area contributed by atoms with Gasteiger partial charge in [-0.15, -0.1) is 0 Å². The van der Waals surface area contributed by atoms with E-state index in [0.717, 1.165) is 18.4 Å². The zero-order chi connectivity index (χ0) is 9.36. The van der Waals surface area contributed by atoms with E-state index in [-0.39, 0.29) is 0 Å². The second kappa shape index (κ2) is 7.77. The Hall–Kier alpha value is 0.400. The van der Waals surface area contributed by atoms with Gasteiger partial charge in [0, 0.05) is 25.0 Å². The van der Waals surface area contributed by atoms with Crippen LogP contribution in [0.2, 0.25) is 0 Å². The molecule has 2 nitrogen and oxygen atoms in total. The molecule has 1 fully saturated rings. The van der Waals surface area contributed by atoms with E-state index in [9.17, 15) is 0 Å². The van der Waals surface area contributed by atoms with Crippen LogP contribution in [-0.2, 0) is 0 Å². The van der Waals surface area contributed by atoms with Gasteiger partial charge in [-0.2, -0.15) is 0 Å². The Morgan fingerprint density at radius 2 is 1.69 bits per heavy atom. The Balaban J connectivity index is 1.98. The summed E-state index contributed by atoms with van der Waals surface area (Å²) in [5, 5.41) is 4.48. The normalized spacial score (nSPS) is 20.1. The molecule has 0 aromatic carbocycles. The van der Waals surface area contributed by atoms with Crippen molar-refractivity contribution in [3.05, 3.63) is 0 Å². The first-order chi connectivity index (χ1) is 6.43. The molecule has 1 heterocycles. The van der Waals surface area contributed by atoms with Crippen molar-refractivity contribution in [2.45, 2.75) is 25.7 Å². The second-order valence-electron chi connectivity index (χ2n) is 3.69. The van der Waals surface area contributed by atoms with Gasteiger partial charge >= 0.3 is 0 Å². The van der Waals surface area contributed by atoms with E-state index >= 15 is 0 Å². The summed E-state index contributed by atoms with van der Waals surface area (Å²) in [6.07, 6.45) is 5.67. The Bertz CT molecular complexity index is 111. The molecule has 78 valence electrons. The van der Waals surface area contributed by atoms with Crippen molar-refractivity contribution in [2.75, 3.05) is 38.1 Å². The van der Waals surface area contributed by atoms with Gasteiger partial charge in [-0.25, -0.2) is 0 Å². The van der Waals surface area contributed by atoms with E-state index in [1.54, 1.807) is 0 Å². The van der Waals surface area contributed by atoms with E-state index in [0.29, 0.717) is 0 Å². The van der Waals surface area contributed by atoms with Crippen molar-refractivity contribution in [3.8, 4) is 0 Å². The minimum Gasteiger partial charge on any atom is -0.315 e. The summed E-state index contributed by atoms with van der Waals surface area (Å²) in [4.78, 5) is 2.59. The molecular formula is C10H21BrN2. The fraction of sp³-hybridized carbons (Fsp3) is 1.00. The lowest BCUT2D eigenvalue weighted by molar-refractivity contribution is 0.285. The lowest BCUT2D eigenvalue weighted by atomic mass is 10.2. The van der Waals surface area contributed by atoms with E-state index in [4.69, 9.17) is 0 Å². The van der Waals surface area contributed by atoms with Gasteiger partial charge in [-0.05, 0) is 25.9 Å². The third-order valence-corrected chi connectivity index (χ3v) is 2.97. The molecule has 0 unspecified atom stereocenters. The van der Waals surface area contributed by atoms with Gasteiger partial charge < -0.3 is 10.2 Å². The van der Waals surface area contributed by atoms with Crippen LogP contribution in [0.3, 0.4) is 0 Å². The molecule has 0 atom stereocenters. The van der Waals surface area contributed by atoms with E-state index in [1.807, 2.05) is 0 Å². The zero-order valence-electron chi connectivity index (χ0n) is 8.40. The second-order valence-corrected chi connectivity index (χ2v) is 4.49. The first-order valence-corrected chi connectivity index (χ1v) is 6.54. The van der Waals surface area contributed by atoms with E-state index in [1.165, 1.54) is 45.3 Å². The van der Waals surface area contributed by atoms with Gasteiger partial charge in [-0.1, -0.05) is 28.8 Å². The van der Waals surface area contributed by atoms with Crippen molar-refractivity contribution in [1.82, 2.24) is 10.2 Å². The summed E-state index contributed by atoms with van der Waals surface area (Å²) in [7, 11) is 0. The minimum absolute atomic E-state index is 1.06. The summed E-state index contributed by atoms with van der Waals surface area (Å²) in [6, 6.07) is 0. The molecule has 0 saturated carbocycles. The molecular weight excluding hydrogens is 228 g/mol. The fourth-order valence-corrected chi connectivity index (χ4v) is 2.07. The number of hydrogen-bond acceptors (Lipinski definition) is 2. The maximum absolute atomic E-state index is 3.41. The van der Waals surface area contributed by atoms with Crippen LogP contribution in [0.15, 0.2) is 0 Å². The number of rotatable bonds is 5. The standard InChI is InChI=1S/C10H21BrN2/c11-5-6-12-7-10-13-8-3-1-2-4-9-13/h12H,1-10H2. The van der Waals surface area contributed by atoms with Crippen LogP contribution >= 0.6 is 15.9 Å². The maximum atomic E-state index is 3.41. The van der Waals surface area contributed by atoms with Gasteiger partial charge in [0.2, 0.25) is 0 Å². The molecule has 1 aliphatic rings. The van der Waals surface area contributed by atoms with Crippen LogP contribution in [0.5, 0.6) is 0 Å². The van der Waals surface area contributed by atoms with Crippen molar-refractivity contribution in [3.63, 3.8) is 0 Å². The van der Waals surface area contributed by atoms with Crippen molar-refractivity contribution >= 4 is 15.9 Å². The van der Waals surface area contributed by atoms with Crippen molar-refractivity contribution < 1.29 is 0 Å². The number of likely N-dealkylation sites (tertiary alicyclic amines) is 1. The van der Waals surface area contributed by atoms with Crippen molar-refractivity contribution in [2.24, 2.45) is 0 Å². The number of nitrogens with zero attached hydrogens (tertiary/aromatic N) is 1. The third kappa shape index (κ3) is 5.66. The van der Waals surface area contributed by atoms with Gasteiger partial charge in [0.05, 0.1) is 0 Å². The largest absolute Gasteiger partial charge is 0.315 e. The monoisotopic (exact) mass is 248 g/mol. The summed E-state index contributed by atoms with van der Waals surface area (Å²) < 4.78 is 0. The number of halogens is 1. The molecule has 13 heavy (non-hydrogen) atoms. The SMILES string of the molecule is BrCCNCCN1CCCCCC1. The number of alkyl halides is 1. The highest BCUT2D eigenvalue weighted by atomic mass is 79.9. The lowest BCUT2D eigenvalue weighted by Gasteiger charge is -2.19. The van der Waals surface area contributed by atoms with Crippen LogP contribution in [-0.4, -0.2) is 43.0 Å². The number of nitrogens with one attached hydrogen (secondary N) is 1. The molecule has 1 rings (SSSR count). The van der Waals surface area contributed by atoms with E-state index in [2.05, 4.69) is 26.1 Å². The van der Waals surface area contributed by atoms with Crippen LogP contribution in [0.25, 0.3) is 0 Å². The molecule has 0 aromatic heterocycles. The molecule has 1 N–H and O–H groups in total. The lowest BCUT2D eigenvalue weighted by Crippen LogP contribution is -2.33. The molecule has 0 bridgehead atoms. The molecule has 3 heteroatoms. The van der Waals surface area contributed by atoms with E-state index < -0.39 is 0 Å². The van der Waals surface area contributed by atoms with Crippen LogP contribution < -0.4 is 5.32 Å². The molecule has 0 spiro atoms. The van der Waals surface area contributed by atoms with Gasteiger partial charge in [0.25, 0.3) is 0 Å². The highest BCUT2D eigenvalue weighted by Gasteiger charge is 2.07. The first kappa shape index (κ1) is 11.5. The highest BCUT2D eigenvalue weighted by Crippen LogP contribution is 2.08. The fourth-order valence-electron chi connectivity index (χ4n) is 1.79. The Labute approximate surface area is 90.2 Å². The topological polar surface area (TPSA) is 15.3 Å². The summed E-state index contributed by atoms with van der Waals surface area (Å²) in [5.41, 5.74) is 0. The minimum atomic E-state index is 1.06.